The van der Waals surface area contributed by atoms with Crippen LogP contribution in [0.25, 0.3) is 0 Å². The lowest BCUT2D eigenvalue weighted by Crippen LogP contribution is -2.12. The normalized spacial score (nSPS) is 27.1. The maximum Gasteiger partial charge on any atom is 0.208 e. The van der Waals surface area contributed by atoms with Crippen LogP contribution in [-0.4, -0.2) is 26.2 Å². The van der Waals surface area contributed by atoms with E-state index in [4.69, 9.17) is 0 Å². The number of hydrogen-bond donors (Lipinski definition) is 1. The first-order chi connectivity index (χ1) is 6.66. The molecule has 1 aliphatic rings. The summed E-state index contributed by atoms with van der Waals surface area (Å²) < 4.78 is 0. The summed E-state index contributed by atoms with van der Waals surface area (Å²) in [7, 11) is 0. The maximum absolute atomic E-state index is 11.3. The van der Waals surface area contributed by atoms with E-state index < -0.39 is 0 Å². The van der Waals surface area contributed by atoms with E-state index in [-0.39, 0.29) is 5.92 Å². The molecule has 4 nitrogen and oxygen atoms in total. The van der Waals surface area contributed by atoms with Gasteiger partial charge in [0, 0.05) is 17.6 Å². The number of hydrogen-bond acceptors (Lipinski definition) is 4. The fourth-order valence-electron chi connectivity index (χ4n) is 1.64. The molecule has 1 fully saturated rings. The molecule has 0 saturated heterocycles. The summed E-state index contributed by atoms with van der Waals surface area (Å²) in [6.45, 7) is 3.87. The van der Waals surface area contributed by atoms with Gasteiger partial charge in [0.2, 0.25) is 5.16 Å². The Morgan fingerprint density at radius 1 is 1.57 bits per heavy atom. The summed E-state index contributed by atoms with van der Waals surface area (Å²) in [5.41, 5.74) is 0. The Morgan fingerprint density at radius 2 is 2.36 bits per heavy atom. The highest BCUT2D eigenvalue weighted by Gasteiger charge is 2.32. The van der Waals surface area contributed by atoms with Crippen molar-refractivity contribution in [1.29, 1.82) is 0 Å². The molecule has 1 aromatic heterocycles. The topological polar surface area (TPSA) is 58.6 Å². The number of aryl methyl sites for hydroxylation is 1. The first kappa shape index (κ1) is 9.71. The van der Waals surface area contributed by atoms with Crippen LogP contribution >= 0.6 is 11.8 Å². The van der Waals surface area contributed by atoms with Crippen LogP contribution in [0.4, 0.5) is 0 Å². The third kappa shape index (κ3) is 1.82. The summed E-state index contributed by atoms with van der Waals surface area (Å²) in [5.74, 6) is 1.35. The van der Waals surface area contributed by atoms with E-state index in [1.54, 1.807) is 11.8 Å². The second-order valence-corrected chi connectivity index (χ2v) is 4.86. The van der Waals surface area contributed by atoms with E-state index in [2.05, 4.69) is 15.2 Å². The number of carbonyl (C=O) groups excluding carboxylic acids is 1. The summed E-state index contributed by atoms with van der Waals surface area (Å²) in [6.07, 6.45) is 1.67. The molecule has 2 atom stereocenters. The molecule has 0 aliphatic heterocycles. The monoisotopic (exact) mass is 211 g/mol. The largest absolute Gasteiger partial charge is 0.299 e. The van der Waals surface area contributed by atoms with Gasteiger partial charge in [-0.1, -0.05) is 18.7 Å². The Hall–Kier alpha value is -0.840. The van der Waals surface area contributed by atoms with Crippen LogP contribution in [0.3, 0.4) is 0 Å². The highest BCUT2D eigenvalue weighted by molar-refractivity contribution is 7.99. The molecular weight excluding hydrogens is 198 g/mol. The highest BCUT2D eigenvalue weighted by Crippen LogP contribution is 2.35. The molecular formula is C9H13N3OS. The number of Topliss-reactive ketones (excluding diaryl/α,β-unsaturated/α-hetero) is 1. The second-order valence-electron chi connectivity index (χ2n) is 3.65. The Balaban J connectivity index is 2.02. The zero-order valence-electron chi connectivity index (χ0n) is 8.28. The molecule has 2 rings (SSSR count). The Morgan fingerprint density at radius 3 is 2.86 bits per heavy atom. The van der Waals surface area contributed by atoms with Crippen molar-refractivity contribution in [2.75, 3.05) is 0 Å². The lowest BCUT2D eigenvalue weighted by Gasteiger charge is -2.09. The van der Waals surface area contributed by atoms with Crippen LogP contribution in [0.2, 0.25) is 0 Å². The minimum Gasteiger partial charge on any atom is -0.299 e. The van der Waals surface area contributed by atoms with Gasteiger partial charge in [-0.15, -0.1) is 5.10 Å². The molecule has 0 bridgehead atoms. The highest BCUT2D eigenvalue weighted by atomic mass is 32.2. The molecule has 0 aromatic carbocycles. The quantitative estimate of drug-likeness (QED) is 0.806. The zero-order valence-corrected chi connectivity index (χ0v) is 9.10. The van der Waals surface area contributed by atoms with Crippen molar-refractivity contribution >= 4 is 17.5 Å². The molecule has 14 heavy (non-hydrogen) atoms. The van der Waals surface area contributed by atoms with Gasteiger partial charge in [0.1, 0.15) is 11.6 Å². The fraction of sp³-hybridized carbons (Fsp3) is 0.667. The molecule has 1 N–H and O–H groups in total. The number of nitrogens with one attached hydrogen (secondary N) is 1. The maximum atomic E-state index is 11.3. The van der Waals surface area contributed by atoms with Gasteiger partial charge in [0.25, 0.3) is 0 Å². The van der Waals surface area contributed by atoms with Gasteiger partial charge >= 0.3 is 0 Å². The number of rotatable bonds is 2. The summed E-state index contributed by atoms with van der Waals surface area (Å²) in [5, 5.41) is 7.97. The van der Waals surface area contributed by atoms with E-state index in [0.717, 1.165) is 17.4 Å². The number of carbonyl (C=O) groups is 1. The van der Waals surface area contributed by atoms with Crippen LogP contribution in [0.1, 0.15) is 25.6 Å². The Kier molecular flexibility index (Phi) is 2.58. The smallest absolute Gasteiger partial charge is 0.208 e. The van der Waals surface area contributed by atoms with E-state index in [1.807, 2.05) is 13.8 Å². The van der Waals surface area contributed by atoms with Crippen molar-refractivity contribution in [3.8, 4) is 0 Å². The number of H-pyrrole nitrogens is 1. The Bertz CT molecular complexity index is 350. The van der Waals surface area contributed by atoms with Gasteiger partial charge in [-0.25, -0.2) is 4.98 Å². The van der Waals surface area contributed by atoms with Gasteiger partial charge in [0.15, 0.2) is 0 Å². The van der Waals surface area contributed by atoms with Crippen molar-refractivity contribution < 1.29 is 4.79 Å². The summed E-state index contributed by atoms with van der Waals surface area (Å²) in [4.78, 5) is 15.5. The molecule has 1 aromatic rings. The van der Waals surface area contributed by atoms with Gasteiger partial charge in [-0.3, -0.25) is 9.89 Å². The van der Waals surface area contributed by atoms with Gasteiger partial charge in [-0.2, -0.15) is 0 Å². The molecule has 0 spiro atoms. The number of aromatic nitrogens is 3. The average Bonchev–Trinajstić information content (AvgIpc) is 2.67. The molecule has 0 radical (unpaired) electrons. The standard InChI is InChI=1S/C9H13N3OS/c1-5-7(13)3-4-8(5)14-9-10-6(2)11-12-9/h5,8H,3-4H2,1-2H3,(H,10,11,12). The van der Waals surface area contributed by atoms with Crippen LogP contribution < -0.4 is 0 Å². The van der Waals surface area contributed by atoms with Crippen LogP contribution in [0, 0.1) is 12.8 Å². The SMILES string of the molecule is Cc1nc(SC2CCC(=O)C2C)n[nH]1. The minimum atomic E-state index is 0.152. The van der Waals surface area contributed by atoms with Crippen molar-refractivity contribution in [3.63, 3.8) is 0 Å². The van der Waals surface area contributed by atoms with Crippen LogP contribution in [-0.2, 0) is 4.79 Å². The third-order valence-corrected chi connectivity index (χ3v) is 3.91. The lowest BCUT2D eigenvalue weighted by molar-refractivity contribution is -0.120. The average molecular weight is 211 g/mol. The number of ketones is 1. The molecule has 0 amide bonds. The van der Waals surface area contributed by atoms with E-state index >= 15 is 0 Å². The zero-order chi connectivity index (χ0) is 10.1. The predicted molar refractivity (Wildman–Crippen MR) is 54.2 cm³/mol. The molecule has 1 aliphatic carbocycles. The first-order valence-corrected chi connectivity index (χ1v) is 5.63. The molecule has 1 heterocycles. The van der Waals surface area contributed by atoms with Crippen molar-refractivity contribution in [2.45, 2.75) is 37.1 Å². The van der Waals surface area contributed by atoms with E-state index in [1.165, 1.54) is 0 Å². The third-order valence-electron chi connectivity index (χ3n) is 2.57. The minimum absolute atomic E-state index is 0.152. The van der Waals surface area contributed by atoms with Gasteiger partial charge < -0.3 is 0 Å². The van der Waals surface area contributed by atoms with E-state index in [0.29, 0.717) is 17.5 Å². The van der Waals surface area contributed by atoms with E-state index in [9.17, 15) is 4.79 Å². The second kappa shape index (κ2) is 3.73. The molecule has 1 saturated carbocycles. The molecule has 2 unspecified atom stereocenters. The van der Waals surface area contributed by atoms with Crippen molar-refractivity contribution in [2.24, 2.45) is 5.92 Å². The summed E-state index contributed by atoms with van der Waals surface area (Å²) in [6, 6.07) is 0. The number of thioether (sulfide) groups is 1. The Labute approximate surface area is 86.9 Å². The number of nitrogens with zero attached hydrogens (tertiary/aromatic N) is 2. The molecule has 5 heteroatoms. The predicted octanol–water partition coefficient (Wildman–Crippen LogP) is 1.57. The number of aromatic amines is 1. The van der Waals surface area contributed by atoms with Crippen molar-refractivity contribution in [1.82, 2.24) is 15.2 Å². The van der Waals surface area contributed by atoms with Crippen molar-refractivity contribution in [3.05, 3.63) is 5.82 Å². The van der Waals surface area contributed by atoms with Gasteiger partial charge in [-0.05, 0) is 13.3 Å². The van der Waals surface area contributed by atoms with Gasteiger partial charge in [0.05, 0.1) is 0 Å². The summed E-state index contributed by atoms with van der Waals surface area (Å²) >= 11 is 1.61. The van der Waals surface area contributed by atoms with Crippen LogP contribution in [0.5, 0.6) is 0 Å². The molecule has 76 valence electrons. The first-order valence-electron chi connectivity index (χ1n) is 4.75. The lowest BCUT2D eigenvalue weighted by atomic mass is 10.1. The van der Waals surface area contributed by atoms with Crippen LogP contribution in [0.15, 0.2) is 5.16 Å². The fourth-order valence-corrected chi connectivity index (χ4v) is 2.79.